The molecule has 0 spiro atoms. The highest BCUT2D eigenvalue weighted by molar-refractivity contribution is 5.70. The molecule has 27 heavy (non-hydrogen) atoms. The van der Waals surface area contributed by atoms with Crippen LogP contribution in [0.5, 0.6) is 17.2 Å². The summed E-state index contributed by atoms with van der Waals surface area (Å²) in [6.45, 7) is 2.95. The van der Waals surface area contributed by atoms with E-state index in [2.05, 4.69) is 5.32 Å². The molecular formula is C19H20F2N2O4. The van der Waals surface area contributed by atoms with Gasteiger partial charge < -0.3 is 24.4 Å². The second-order valence-corrected chi connectivity index (χ2v) is 5.85. The molecule has 1 aliphatic rings. The van der Waals surface area contributed by atoms with Gasteiger partial charge in [-0.3, -0.25) is 0 Å². The van der Waals surface area contributed by atoms with Gasteiger partial charge in [0.15, 0.2) is 11.6 Å². The number of carbonyl (C=O) groups is 1. The van der Waals surface area contributed by atoms with Gasteiger partial charge >= 0.3 is 6.09 Å². The molecule has 0 bridgehead atoms. The average molecular weight is 378 g/mol. The Balaban J connectivity index is 1.42. The SMILES string of the molecule is O=C(Oc1ccc(OCCOc2cc(F)ccc2F)cc1)N1CCNCC1. The first kappa shape index (κ1) is 18.9. The summed E-state index contributed by atoms with van der Waals surface area (Å²) in [4.78, 5) is 13.7. The molecule has 0 radical (unpaired) electrons. The van der Waals surface area contributed by atoms with Crippen LogP contribution in [0.4, 0.5) is 13.6 Å². The molecule has 0 atom stereocenters. The van der Waals surface area contributed by atoms with Crippen LogP contribution in [0.2, 0.25) is 0 Å². The number of nitrogens with one attached hydrogen (secondary N) is 1. The average Bonchev–Trinajstić information content (AvgIpc) is 2.69. The third-order valence-electron chi connectivity index (χ3n) is 3.91. The van der Waals surface area contributed by atoms with Crippen molar-refractivity contribution < 1.29 is 27.8 Å². The quantitative estimate of drug-likeness (QED) is 0.784. The van der Waals surface area contributed by atoms with Crippen molar-refractivity contribution in [1.29, 1.82) is 0 Å². The minimum absolute atomic E-state index is 0.0557. The number of nitrogens with zero attached hydrogens (tertiary/aromatic N) is 1. The highest BCUT2D eigenvalue weighted by Gasteiger charge is 2.18. The van der Waals surface area contributed by atoms with Gasteiger partial charge in [0.05, 0.1) is 0 Å². The van der Waals surface area contributed by atoms with Gasteiger partial charge in [-0.2, -0.15) is 0 Å². The summed E-state index contributed by atoms with van der Waals surface area (Å²) >= 11 is 0. The van der Waals surface area contributed by atoms with E-state index in [0.29, 0.717) is 24.6 Å². The topological polar surface area (TPSA) is 60.0 Å². The number of hydrogen-bond donors (Lipinski definition) is 1. The van der Waals surface area contributed by atoms with E-state index in [4.69, 9.17) is 14.2 Å². The fraction of sp³-hybridized carbons (Fsp3) is 0.316. The van der Waals surface area contributed by atoms with Crippen LogP contribution < -0.4 is 19.5 Å². The Labute approximate surface area is 155 Å². The van der Waals surface area contributed by atoms with E-state index in [9.17, 15) is 13.6 Å². The predicted octanol–water partition coefficient (Wildman–Crippen LogP) is 2.83. The van der Waals surface area contributed by atoms with E-state index in [-0.39, 0.29) is 25.1 Å². The standard InChI is InChI=1S/C19H20F2N2O4/c20-14-1-6-17(21)18(13-14)26-12-11-25-15-2-4-16(5-3-15)27-19(24)23-9-7-22-8-10-23/h1-6,13,22H,7-12H2. The van der Waals surface area contributed by atoms with E-state index >= 15 is 0 Å². The molecule has 0 aliphatic carbocycles. The Hall–Kier alpha value is -2.87. The van der Waals surface area contributed by atoms with Gasteiger partial charge in [-0.05, 0) is 36.4 Å². The molecular weight excluding hydrogens is 358 g/mol. The van der Waals surface area contributed by atoms with Crippen LogP contribution in [0.15, 0.2) is 42.5 Å². The van der Waals surface area contributed by atoms with Crippen LogP contribution in [-0.4, -0.2) is 50.4 Å². The summed E-state index contributed by atoms with van der Waals surface area (Å²) < 4.78 is 42.4. The molecule has 144 valence electrons. The second-order valence-electron chi connectivity index (χ2n) is 5.85. The summed E-state index contributed by atoms with van der Waals surface area (Å²) in [5.74, 6) is -0.400. The van der Waals surface area contributed by atoms with Crippen LogP contribution in [0.25, 0.3) is 0 Å². The second kappa shape index (κ2) is 9.18. The van der Waals surface area contributed by atoms with Gasteiger partial charge in [-0.25, -0.2) is 13.6 Å². The molecule has 3 rings (SSSR count). The Morgan fingerprint density at radius 2 is 1.63 bits per heavy atom. The first-order chi connectivity index (χ1) is 13.1. The van der Waals surface area contributed by atoms with E-state index in [1.807, 2.05) is 0 Å². The molecule has 1 N–H and O–H groups in total. The smallest absolute Gasteiger partial charge is 0.415 e. The van der Waals surface area contributed by atoms with Crippen molar-refractivity contribution >= 4 is 6.09 Å². The Bertz CT molecular complexity index is 765. The lowest BCUT2D eigenvalue weighted by Crippen LogP contribution is -2.47. The highest BCUT2D eigenvalue weighted by atomic mass is 19.1. The lowest BCUT2D eigenvalue weighted by Gasteiger charge is -2.26. The zero-order valence-electron chi connectivity index (χ0n) is 14.6. The molecule has 1 fully saturated rings. The monoisotopic (exact) mass is 378 g/mol. The third-order valence-corrected chi connectivity index (χ3v) is 3.91. The van der Waals surface area contributed by atoms with Gasteiger partial charge in [-0.1, -0.05) is 0 Å². The van der Waals surface area contributed by atoms with Gasteiger partial charge in [0.1, 0.15) is 30.5 Å². The molecule has 1 amide bonds. The number of ether oxygens (including phenoxy) is 3. The summed E-state index contributed by atoms with van der Waals surface area (Å²) in [7, 11) is 0. The zero-order chi connectivity index (χ0) is 19.1. The molecule has 2 aromatic rings. The molecule has 6 nitrogen and oxygen atoms in total. The maximum Gasteiger partial charge on any atom is 0.415 e. The van der Waals surface area contributed by atoms with Crippen molar-refractivity contribution in [2.75, 3.05) is 39.4 Å². The molecule has 0 aromatic heterocycles. The molecule has 0 saturated carbocycles. The lowest BCUT2D eigenvalue weighted by molar-refractivity contribution is 0.146. The highest BCUT2D eigenvalue weighted by Crippen LogP contribution is 2.20. The molecule has 1 aliphatic heterocycles. The van der Waals surface area contributed by atoms with Crippen LogP contribution >= 0.6 is 0 Å². The zero-order valence-corrected chi connectivity index (χ0v) is 14.6. The minimum Gasteiger partial charge on any atom is -0.490 e. The van der Waals surface area contributed by atoms with Crippen molar-refractivity contribution in [1.82, 2.24) is 10.2 Å². The summed E-state index contributed by atoms with van der Waals surface area (Å²) in [5, 5.41) is 3.17. The lowest BCUT2D eigenvalue weighted by atomic mass is 10.3. The number of hydrogen-bond acceptors (Lipinski definition) is 5. The molecule has 1 saturated heterocycles. The Morgan fingerprint density at radius 3 is 2.37 bits per heavy atom. The largest absolute Gasteiger partial charge is 0.490 e. The molecule has 8 heteroatoms. The third kappa shape index (κ3) is 5.55. The van der Waals surface area contributed by atoms with Gasteiger partial charge in [0.2, 0.25) is 0 Å². The molecule has 1 heterocycles. The van der Waals surface area contributed by atoms with Crippen molar-refractivity contribution in [3.8, 4) is 17.2 Å². The first-order valence-electron chi connectivity index (χ1n) is 8.60. The number of piperazine rings is 1. The van der Waals surface area contributed by atoms with Gasteiger partial charge in [-0.15, -0.1) is 0 Å². The van der Waals surface area contributed by atoms with E-state index in [1.54, 1.807) is 29.2 Å². The minimum atomic E-state index is -0.632. The van der Waals surface area contributed by atoms with E-state index in [1.165, 1.54) is 0 Å². The normalized spacial score (nSPS) is 13.9. The van der Waals surface area contributed by atoms with Gasteiger partial charge in [0, 0.05) is 32.2 Å². The number of carbonyl (C=O) groups excluding carboxylic acids is 1. The number of benzene rings is 2. The van der Waals surface area contributed by atoms with E-state index in [0.717, 1.165) is 31.3 Å². The maximum absolute atomic E-state index is 13.4. The number of halogens is 2. The van der Waals surface area contributed by atoms with Gasteiger partial charge in [0.25, 0.3) is 0 Å². The fourth-order valence-electron chi connectivity index (χ4n) is 2.52. The Morgan fingerprint density at radius 1 is 0.963 bits per heavy atom. The summed E-state index contributed by atoms with van der Waals surface area (Å²) in [6, 6.07) is 9.58. The van der Waals surface area contributed by atoms with Crippen LogP contribution in [0, 0.1) is 11.6 Å². The number of amides is 1. The summed E-state index contributed by atoms with van der Waals surface area (Å²) in [5.41, 5.74) is 0. The van der Waals surface area contributed by atoms with Crippen LogP contribution in [0.1, 0.15) is 0 Å². The van der Waals surface area contributed by atoms with Crippen molar-refractivity contribution in [3.63, 3.8) is 0 Å². The summed E-state index contributed by atoms with van der Waals surface area (Å²) in [6.07, 6.45) is -0.379. The fourth-order valence-corrected chi connectivity index (χ4v) is 2.52. The van der Waals surface area contributed by atoms with Crippen LogP contribution in [0.3, 0.4) is 0 Å². The van der Waals surface area contributed by atoms with E-state index < -0.39 is 11.6 Å². The first-order valence-corrected chi connectivity index (χ1v) is 8.60. The maximum atomic E-state index is 13.4. The molecule has 2 aromatic carbocycles. The number of rotatable bonds is 6. The van der Waals surface area contributed by atoms with Crippen molar-refractivity contribution in [2.24, 2.45) is 0 Å². The van der Waals surface area contributed by atoms with Crippen molar-refractivity contribution in [2.45, 2.75) is 0 Å². The molecule has 0 unspecified atom stereocenters. The Kier molecular flexibility index (Phi) is 6.43. The predicted molar refractivity (Wildman–Crippen MR) is 94.3 cm³/mol. The van der Waals surface area contributed by atoms with Crippen molar-refractivity contribution in [3.05, 3.63) is 54.1 Å². The van der Waals surface area contributed by atoms with Crippen LogP contribution in [-0.2, 0) is 0 Å².